The molecule has 1 aromatic rings. The van der Waals surface area contributed by atoms with Crippen molar-refractivity contribution in [1.82, 2.24) is 15.7 Å². The predicted molar refractivity (Wildman–Crippen MR) is 188 cm³/mol. The third kappa shape index (κ3) is 6.86. The van der Waals surface area contributed by atoms with Gasteiger partial charge in [-0.05, 0) is 43.7 Å². The SMILES string of the molecule is CC(O)C(NC(=O)C12CC3OC(=O)C1N(Cc1ccccc1C=CCOC1OC(CO)C(O)C(O)C1O)OC2C1OC(C2CC2)(C2CC2)OC31)C(=O)NCCO. The minimum absolute atomic E-state index is 0.00942. The van der Waals surface area contributed by atoms with Crippen LogP contribution in [0.5, 0.6) is 0 Å². The number of carbonyl (C=O) groups is 3. The number of amides is 2. The zero-order valence-electron chi connectivity index (χ0n) is 30.9. The van der Waals surface area contributed by atoms with E-state index < -0.39 is 109 Å². The summed E-state index contributed by atoms with van der Waals surface area (Å²) in [6, 6.07) is 4.58. The predicted octanol–water partition coefficient (Wildman–Crippen LogP) is -2.41. The monoisotopic (exact) mass is 789 g/mol. The van der Waals surface area contributed by atoms with Crippen molar-refractivity contribution in [3.8, 4) is 0 Å². The number of nitrogens with one attached hydrogen (secondary N) is 2. The number of hydrogen-bond donors (Lipinski definition) is 8. The number of hydrogen-bond acceptors (Lipinski definition) is 16. The molecule has 56 heavy (non-hydrogen) atoms. The molecule has 2 amide bonds. The second kappa shape index (κ2) is 15.6. The lowest BCUT2D eigenvalue weighted by atomic mass is 9.62. The van der Waals surface area contributed by atoms with Crippen LogP contribution in [0.3, 0.4) is 0 Å². The first-order chi connectivity index (χ1) is 26.9. The van der Waals surface area contributed by atoms with Crippen LogP contribution in [0.15, 0.2) is 30.3 Å². The third-order valence-electron chi connectivity index (χ3n) is 12.3. The molecule has 13 unspecified atom stereocenters. The number of carbonyl (C=O) groups excluding carboxylic acids is 3. The van der Waals surface area contributed by atoms with E-state index in [4.69, 9.17) is 28.5 Å². The highest BCUT2D eigenvalue weighted by Crippen LogP contribution is 2.63. The van der Waals surface area contributed by atoms with E-state index >= 15 is 0 Å². The zero-order valence-corrected chi connectivity index (χ0v) is 30.9. The normalized spacial score (nSPS) is 38.5. The summed E-state index contributed by atoms with van der Waals surface area (Å²) in [5.74, 6) is -2.61. The second-order valence-electron chi connectivity index (χ2n) is 16.0. The molecule has 4 heterocycles. The number of fused-ring (bicyclic) bond motifs is 4. The smallest absolute Gasteiger partial charge is 0.327 e. The molecule has 7 aliphatic rings. The molecule has 1 aromatic carbocycles. The van der Waals surface area contributed by atoms with Crippen LogP contribution in [-0.4, -0.2) is 159 Å². The molecule has 13 atom stereocenters. The summed E-state index contributed by atoms with van der Waals surface area (Å²) < 4.78 is 30.8. The summed E-state index contributed by atoms with van der Waals surface area (Å²) in [5.41, 5.74) is -0.225. The fraction of sp³-hybridized carbons (Fsp3) is 0.711. The Hall–Kier alpha value is -3.11. The molecule has 4 saturated heterocycles. The number of esters is 1. The number of ether oxygens (including phenoxy) is 5. The summed E-state index contributed by atoms with van der Waals surface area (Å²) >= 11 is 0. The Balaban J connectivity index is 1.06. The van der Waals surface area contributed by atoms with Crippen molar-refractivity contribution >= 4 is 23.9 Å². The van der Waals surface area contributed by atoms with Gasteiger partial charge in [-0.25, -0.2) is 0 Å². The van der Waals surface area contributed by atoms with Gasteiger partial charge in [0.1, 0.15) is 60.3 Å². The standard InChI is InChI=1S/C38H51N3O15/c1-18(44)25(33(48)39-12-13-42)40-36(50)37-15-23-29-30(55-38(54-29,21-8-9-21)22-10-11-22)32(37)56-41(31(37)34(49)52-23)16-20-6-3-2-5-19(20)7-4-14-51-35-28(47)27(46)26(45)24(17-43)53-35/h2-7,18,21-32,35,42-47H,8-17H2,1H3,(H,39,48)(H,40,50). The molecule has 3 aliphatic carbocycles. The molecule has 7 fully saturated rings. The lowest BCUT2D eigenvalue weighted by molar-refractivity contribution is -0.298. The zero-order chi connectivity index (χ0) is 39.5. The molecule has 308 valence electrons. The van der Waals surface area contributed by atoms with Crippen LogP contribution in [0.2, 0.25) is 0 Å². The highest BCUT2D eigenvalue weighted by molar-refractivity contribution is 5.96. The van der Waals surface area contributed by atoms with Crippen molar-refractivity contribution in [2.45, 2.75) is 125 Å². The number of aliphatic hydroxyl groups is 6. The van der Waals surface area contributed by atoms with Crippen LogP contribution >= 0.6 is 0 Å². The van der Waals surface area contributed by atoms with Gasteiger partial charge in [0.2, 0.25) is 11.8 Å². The van der Waals surface area contributed by atoms with E-state index in [9.17, 15) is 45.0 Å². The van der Waals surface area contributed by atoms with Crippen LogP contribution in [0.1, 0.15) is 50.2 Å². The Morgan fingerprint density at radius 2 is 1.75 bits per heavy atom. The van der Waals surface area contributed by atoms with Crippen molar-refractivity contribution in [2.24, 2.45) is 17.3 Å². The lowest BCUT2D eigenvalue weighted by Gasteiger charge is -2.49. The first kappa shape index (κ1) is 39.7. The molecule has 3 saturated carbocycles. The maximum Gasteiger partial charge on any atom is 0.327 e. The maximum absolute atomic E-state index is 14.8. The Bertz CT molecular complexity index is 1660. The maximum atomic E-state index is 14.8. The molecule has 8 N–H and O–H groups in total. The van der Waals surface area contributed by atoms with Crippen LogP contribution in [-0.2, 0) is 49.5 Å². The molecule has 18 nitrogen and oxygen atoms in total. The van der Waals surface area contributed by atoms with Crippen molar-refractivity contribution < 1.29 is 73.5 Å². The van der Waals surface area contributed by atoms with Gasteiger partial charge in [-0.1, -0.05) is 36.4 Å². The lowest BCUT2D eigenvalue weighted by Crippen LogP contribution is -2.71. The molecular formula is C38H51N3O15. The minimum atomic E-state index is -1.61. The topological polar surface area (TPSA) is 255 Å². The summed E-state index contributed by atoms with van der Waals surface area (Å²) in [6.07, 6.45) is -4.59. The van der Waals surface area contributed by atoms with Crippen LogP contribution < -0.4 is 10.6 Å². The largest absolute Gasteiger partial charge is 0.458 e. The van der Waals surface area contributed by atoms with Gasteiger partial charge in [0, 0.05) is 24.8 Å². The van der Waals surface area contributed by atoms with Gasteiger partial charge in [0.25, 0.3) is 0 Å². The van der Waals surface area contributed by atoms with E-state index in [0.29, 0.717) is 11.1 Å². The number of rotatable bonds is 15. The van der Waals surface area contributed by atoms with Crippen molar-refractivity contribution in [3.63, 3.8) is 0 Å². The molecule has 8 rings (SSSR count). The summed E-state index contributed by atoms with van der Waals surface area (Å²) in [4.78, 5) is 48.7. The van der Waals surface area contributed by atoms with Crippen LogP contribution in [0, 0.1) is 17.3 Å². The first-order valence-electron chi connectivity index (χ1n) is 19.5. The average molecular weight is 790 g/mol. The molecular weight excluding hydrogens is 738 g/mol. The molecule has 0 aromatic heterocycles. The molecule has 0 spiro atoms. The average Bonchev–Trinajstić information content (AvgIpc) is 4.13. The van der Waals surface area contributed by atoms with E-state index in [1.54, 1.807) is 18.2 Å². The summed E-state index contributed by atoms with van der Waals surface area (Å²) in [7, 11) is 0. The van der Waals surface area contributed by atoms with Gasteiger partial charge in [-0.2, -0.15) is 5.06 Å². The Morgan fingerprint density at radius 3 is 2.43 bits per heavy atom. The number of aliphatic hydroxyl groups excluding tert-OH is 6. The Labute approximate surface area is 322 Å². The van der Waals surface area contributed by atoms with Crippen molar-refractivity contribution in [3.05, 3.63) is 41.5 Å². The minimum Gasteiger partial charge on any atom is -0.458 e. The first-order valence-corrected chi connectivity index (χ1v) is 19.5. The van der Waals surface area contributed by atoms with Crippen LogP contribution in [0.25, 0.3) is 6.08 Å². The Morgan fingerprint density at radius 1 is 1.04 bits per heavy atom. The van der Waals surface area contributed by atoms with Gasteiger partial charge in [-0.15, -0.1) is 0 Å². The Kier molecular flexibility index (Phi) is 11.0. The fourth-order valence-electron chi connectivity index (χ4n) is 9.18. The van der Waals surface area contributed by atoms with Gasteiger partial charge in [0.05, 0.1) is 32.5 Å². The van der Waals surface area contributed by atoms with Gasteiger partial charge >= 0.3 is 5.97 Å². The third-order valence-corrected chi connectivity index (χ3v) is 12.3. The van der Waals surface area contributed by atoms with Gasteiger partial charge in [0.15, 0.2) is 18.1 Å². The quantitative estimate of drug-likeness (QED) is 0.0862. The van der Waals surface area contributed by atoms with E-state index in [-0.39, 0.29) is 44.6 Å². The van der Waals surface area contributed by atoms with Crippen LogP contribution in [0.4, 0.5) is 0 Å². The molecule has 2 bridgehead atoms. The highest BCUT2D eigenvalue weighted by Gasteiger charge is 2.78. The van der Waals surface area contributed by atoms with Crippen molar-refractivity contribution in [1.29, 1.82) is 0 Å². The van der Waals surface area contributed by atoms with Gasteiger partial charge < -0.3 is 65.0 Å². The van der Waals surface area contributed by atoms with Gasteiger partial charge in [-0.3, -0.25) is 19.2 Å². The highest BCUT2D eigenvalue weighted by atomic mass is 16.8. The molecule has 4 aliphatic heterocycles. The fourth-order valence-corrected chi connectivity index (χ4v) is 9.18. The number of nitrogens with zero attached hydrogens (tertiary/aromatic N) is 1. The van der Waals surface area contributed by atoms with Crippen molar-refractivity contribution in [2.75, 3.05) is 26.4 Å². The second-order valence-corrected chi connectivity index (χ2v) is 16.0. The van der Waals surface area contributed by atoms with E-state index in [1.165, 1.54) is 12.0 Å². The van der Waals surface area contributed by atoms with E-state index in [0.717, 1.165) is 25.7 Å². The number of benzene rings is 1. The van der Waals surface area contributed by atoms with E-state index in [2.05, 4.69) is 10.6 Å². The van der Waals surface area contributed by atoms with E-state index in [1.807, 2.05) is 18.2 Å². The summed E-state index contributed by atoms with van der Waals surface area (Å²) in [5, 5.41) is 66.5. The molecule has 18 heteroatoms. The number of hydroxylamine groups is 2. The summed E-state index contributed by atoms with van der Waals surface area (Å²) in [6.45, 7) is 0.264. The molecule has 0 radical (unpaired) electrons.